The number of hydrogen-bond acceptors (Lipinski definition) is 11. The number of sulfonamides is 2. The van der Waals surface area contributed by atoms with Crippen LogP contribution in [0.2, 0.25) is 0 Å². The minimum absolute atomic E-state index is 0.0109. The number of carbonyl (C=O) groups excluding carboxylic acids is 2. The zero-order valence-corrected chi connectivity index (χ0v) is 38.1. The van der Waals surface area contributed by atoms with Gasteiger partial charge < -0.3 is 23.8 Å². The Labute approximate surface area is 366 Å². The molecule has 0 aliphatic rings. The van der Waals surface area contributed by atoms with E-state index in [1.165, 1.54) is 62.8 Å². The number of anilines is 2. The van der Waals surface area contributed by atoms with Crippen LogP contribution in [0, 0.1) is 11.8 Å². The molecule has 0 saturated carbocycles. The van der Waals surface area contributed by atoms with Crippen molar-refractivity contribution in [3.05, 3.63) is 120 Å². The summed E-state index contributed by atoms with van der Waals surface area (Å²) >= 11 is 0. The maximum Gasteiger partial charge on any atom is 0.326 e. The van der Waals surface area contributed by atoms with Crippen molar-refractivity contribution in [2.24, 2.45) is 11.8 Å². The highest BCUT2D eigenvalue weighted by molar-refractivity contribution is 7.93. The fourth-order valence-electron chi connectivity index (χ4n) is 6.78. The average Bonchev–Trinajstić information content (AvgIpc) is 3.26. The van der Waals surface area contributed by atoms with Crippen molar-refractivity contribution in [1.82, 2.24) is 4.90 Å². The molecule has 0 bridgehead atoms. The number of benzene rings is 5. The van der Waals surface area contributed by atoms with E-state index in [4.69, 9.17) is 18.9 Å². The van der Waals surface area contributed by atoms with Crippen LogP contribution in [0.25, 0.3) is 10.8 Å². The third-order valence-corrected chi connectivity index (χ3v) is 13.4. The standard InChI is InChI=1S/C47H57N3O10S2/c1-34(2)32-59-45(51)30-49(61(53,54)40-23-19-38(57-6)20-24-40)44-28-37(16-13-27-48(5)29-36-14-9-8-10-15-36)47(43-18-12-11-17-42(43)44)50(31-46(52)60-33-35(3)4)62(55,56)41-25-21-39(58-7)22-26-41/h8-12,14-15,17-26,28,34-35H,13,16,27,29-33H2,1-7H3. The number of esters is 2. The predicted molar refractivity (Wildman–Crippen MR) is 242 cm³/mol. The van der Waals surface area contributed by atoms with Crippen LogP contribution in [0.3, 0.4) is 0 Å². The Kier molecular flexibility index (Phi) is 16.4. The van der Waals surface area contributed by atoms with E-state index in [0.29, 0.717) is 47.3 Å². The molecule has 0 heterocycles. The van der Waals surface area contributed by atoms with Gasteiger partial charge in [0, 0.05) is 17.3 Å². The summed E-state index contributed by atoms with van der Waals surface area (Å²) in [5.41, 5.74) is 1.84. The van der Waals surface area contributed by atoms with Gasteiger partial charge in [0.1, 0.15) is 24.6 Å². The molecule has 0 atom stereocenters. The van der Waals surface area contributed by atoms with Crippen LogP contribution >= 0.6 is 0 Å². The molecule has 0 amide bonds. The van der Waals surface area contributed by atoms with Crippen LogP contribution in [0.15, 0.2) is 119 Å². The molecular formula is C47H57N3O10S2. The van der Waals surface area contributed by atoms with Crippen molar-refractivity contribution in [2.75, 3.05) is 62.7 Å². The van der Waals surface area contributed by atoms with E-state index in [9.17, 15) is 26.4 Å². The molecule has 0 N–H and O–H groups in total. The SMILES string of the molecule is COc1ccc(S(=O)(=O)N(CC(=O)OCC(C)C)c2cc(CCCN(C)Cc3ccccc3)c(N(CC(=O)OCC(C)C)S(=O)(=O)c3ccc(OC)cc3)c3ccccc23)cc1. The monoisotopic (exact) mass is 887 g/mol. The molecule has 13 nitrogen and oxygen atoms in total. The Hall–Kier alpha value is -5.64. The lowest BCUT2D eigenvalue weighted by Gasteiger charge is -2.31. The van der Waals surface area contributed by atoms with E-state index < -0.39 is 45.1 Å². The fraction of sp³-hybridized carbons (Fsp3) is 0.362. The van der Waals surface area contributed by atoms with Crippen LogP contribution < -0.4 is 18.1 Å². The summed E-state index contributed by atoms with van der Waals surface area (Å²) in [5, 5.41) is 0.642. The van der Waals surface area contributed by atoms with E-state index in [-0.39, 0.29) is 52.6 Å². The Morgan fingerprint density at radius 1 is 0.613 bits per heavy atom. The largest absolute Gasteiger partial charge is 0.497 e. The predicted octanol–water partition coefficient (Wildman–Crippen LogP) is 7.71. The summed E-state index contributed by atoms with van der Waals surface area (Å²) in [7, 11) is -4.07. The molecule has 0 aromatic heterocycles. The first kappa shape index (κ1) is 47.4. The Bertz CT molecular complexity index is 2500. The molecule has 0 aliphatic heterocycles. The molecule has 5 aromatic rings. The minimum Gasteiger partial charge on any atom is -0.497 e. The molecular weight excluding hydrogens is 831 g/mol. The van der Waals surface area contributed by atoms with Crippen LogP contribution in [-0.2, 0) is 52.1 Å². The first-order chi connectivity index (χ1) is 29.5. The van der Waals surface area contributed by atoms with Gasteiger partial charge in [0.05, 0.1) is 48.6 Å². The maximum absolute atomic E-state index is 15.0. The zero-order chi connectivity index (χ0) is 45.0. The van der Waals surface area contributed by atoms with E-state index in [1.807, 2.05) is 65.1 Å². The first-order valence-electron chi connectivity index (χ1n) is 20.5. The summed E-state index contributed by atoms with van der Waals surface area (Å²) in [4.78, 5) is 29.2. The number of carbonyl (C=O) groups is 2. The molecule has 15 heteroatoms. The van der Waals surface area contributed by atoms with Crippen molar-refractivity contribution < 1.29 is 45.4 Å². The molecule has 0 radical (unpaired) electrons. The molecule has 0 aliphatic carbocycles. The van der Waals surface area contributed by atoms with Gasteiger partial charge in [-0.2, -0.15) is 0 Å². The highest BCUT2D eigenvalue weighted by Gasteiger charge is 2.35. The number of methoxy groups -OCH3 is 2. The molecule has 0 spiro atoms. The van der Waals surface area contributed by atoms with Gasteiger partial charge in [0.15, 0.2) is 0 Å². The smallest absolute Gasteiger partial charge is 0.326 e. The molecule has 332 valence electrons. The highest BCUT2D eigenvalue weighted by atomic mass is 32.2. The third kappa shape index (κ3) is 12.0. The Morgan fingerprint density at radius 2 is 1.08 bits per heavy atom. The molecule has 0 saturated heterocycles. The molecule has 0 fully saturated rings. The lowest BCUT2D eigenvalue weighted by molar-refractivity contribution is -0.143. The van der Waals surface area contributed by atoms with E-state index in [2.05, 4.69) is 4.90 Å². The second kappa shape index (κ2) is 21.4. The van der Waals surface area contributed by atoms with E-state index in [0.717, 1.165) is 14.2 Å². The summed E-state index contributed by atoms with van der Waals surface area (Å²) in [6, 6.07) is 30.0. The average molecular weight is 888 g/mol. The summed E-state index contributed by atoms with van der Waals surface area (Å²) in [5.74, 6) is -0.694. The van der Waals surface area contributed by atoms with Gasteiger partial charge in [-0.15, -0.1) is 0 Å². The third-order valence-electron chi connectivity index (χ3n) is 9.87. The molecule has 5 rings (SSSR count). The molecule has 0 unspecified atom stereocenters. The quantitative estimate of drug-likeness (QED) is 0.0630. The number of aryl methyl sites for hydroxylation is 1. The lowest BCUT2D eigenvalue weighted by atomic mass is 9.98. The first-order valence-corrected chi connectivity index (χ1v) is 23.3. The van der Waals surface area contributed by atoms with Gasteiger partial charge in [-0.1, -0.05) is 82.3 Å². The fourth-order valence-corrected chi connectivity index (χ4v) is 9.67. The topological polar surface area (TPSA) is 149 Å². The van der Waals surface area contributed by atoms with Gasteiger partial charge in [0.2, 0.25) is 0 Å². The summed E-state index contributed by atoms with van der Waals surface area (Å²) < 4.78 is 83.3. The van der Waals surface area contributed by atoms with Crippen LogP contribution in [0.1, 0.15) is 45.2 Å². The van der Waals surface area contributed by atoms with Gasteiger partial charge in [-0.3, -0.25) is 18.2 Å². The van der Waals surface area contributed by atoms with Gasteiger partial charge in [0.25, 0.3) is 20.0 Å². The van der Waals surface area contributed by atoms with Crippen LogP contribution in [-0.4, -0.2) is 87.8 Å². The Morgan fingerprint density at radius 3 is 1.58 bits per heavy atom. The zero-order valence-electron chi connectivity index (χ0n) is 36.4. The van der Waals surface area contributed by atoms with Crippen molar-refractivity contribution >= 4 is 54.1 Å². The molecule has 5 aromatic carbocycles. The lowest BCUT2D eigenvalue weighted by Crippen LogP contribution is -2.39. The number of nitrogens with zero attached hydrogens (tertiary/aromatic N) is 3. The minimum atomic E-state index is -4.51. The summed E-state index contributed by atoms with van der Waals surface area (Å²) in [6.07, 6.45) is 0.750. The van der Waals surface area contributed by atoms with E-state index in [1.54, 1.807) is 30.3 Å². The normalized spacial score (nSPS) is 11.8. The van der Waals surface area contributed by atoms with Crippen molar-refractivity contribution in [3.8, 4) is 11.5 Å². The second-order valence-electron chi connectivity index (χ2n) is 15.8. The van der Waals surface area contributed by atoms with Crippen LogP contribution in [0.5, 0.6) is 11.5 Å². The van der Waals surface area contributed by atoms with Gasteiger partial charge in [-0.05, 0) is 104 Å². The molecule has 62 heavy (non-hydrogen) atoms. The van der Waals surface area contributed by atoms with Crippen molar-refractivity contribution in [1.29, 1.82) is 0 Å². The second-order valence-corrected chi connectivity index (χ2v) is 19.5. The summed E-state index contributed by atoms with van der Waals surface area (Å²) in [6.45, 7) is 7.52. The number of ether oxygens (including phenoxy) is 4. The maximum atomic E-state index is 15.0. The van der Waals surface area contributed by atoms with Gasteiger partial charge >= 0.3 is 11.9 Å². The highest BCUT2D eigenvalue weighted by Crippen LogP contribution is 2.42. The van der Waals surface area contributed by atoms with Crippen molar-refractivity contribution in [2.45, 2.75) is 56.9 Å². The van der Waals surface area contributed by atoms with Crippen LogP contribution in [0.4, 0.5) is 11.4 Å². The van der Waals surface area contributed by atoms with Crippen molar-refractivity contribution in [3.63, 3.8) is 0 Å². The number of hydrogen-bond donors (Lipinski definition) is 0. The van der Waals surface area contributed by atoms with Gasteiger partial charge in [-0.25, -0.2) is 16.8 Å². The number of fused-ring (bicyclic) bond motifs is 1. The Balaban J connectivity index is 1.76. The number of rotatable bonds is 22. The van der Waals surface area contributed by atoms with E-state index >= 15 is 0 Å².